The second-order valence-electron chi connectivity index (χ2n) is 6.53. The Morgan fingerprint density at radius 2 is 1.85 bits per heavy atom. The van der Waals surface area contributed by atoms with E-state index >= 15 is 0 Å². The van der Waals surface area contributed by atoms with Crippen molar-refractivity contribution in [3.05, 3.63) is 56.4 Å². The number of nitrogens with zero attached hydrogens (tertiary/aromatic N) is 1. The van der Waals surface area contributed by atoms with Crippen molar-refractivity contribution in [2.24, 2.45) is 0 Å². The molecule has 11 heteroatoms. The van der Waals surface area contributed by atoms with Gasteiger partial charge in [-0.25, -0.2) is 4.79 Å². The summed E-state index contributed by atoms with van der Waals surface area (Å²) in [4.78, 5) is 37.9. The number of thioether (sulfide) groups is 1. The smallest absolute Gasteiger partial charge is 0.343 e. The van der Waals surface area contributed by atoms with E-state index in [0.717, 1.165) is 16.7 Å². The first kappa shape index (κ1) is 24.9. The molecule has 1 fully saturated rings. The Bertz CT molecular complexity index is 1090. The standard InChI is InChI=1S/C22H19BrClNO7S/c1-29-17-9-13(16(23)11-18(17)32-12-20(26)30-2)10-19-21(27)25(22(28)33-19)7-8-31-15-5-3-14(24)4-6-15/h3-6,9-11H,7-8,12H2,1-2H3/b19-10-. The molecule has 2 aromatic rings. The number of amides is 2. The van der Waals surface area contributed by atoms with Crippen molar-refractivity contribution in [2.75, 3.05) is 34.0 Å². The first-order valence-electron chi connectivity index (χ1n) is 9.53. The van der Waals surface area contributed by atoms with E-state index in [-0.39, 0.29) is 29.9 Å². The van der Waals surface area contributed by atoms with Crippen LogP contribution in [0.4, 0.5) is 4.79 Å². The molecule has 0 atom stereocenters. The summed E-state index contributed by atoms with van der Waals surface area (Å²) < 4.78 is 21.5. The molecule has 1 saturated heterocycles. The molecule has 3 rings (SSSR count). The molecule has 33 heavy (non-hydrogen) atoms. The van der Waals surface area contributed by atoms with E-state index in [1.54, 1.807) is 42.5 Å². The van der Waals surface area contributed by atoms with Crippen LogP contribution < -0.4 is 14.2 Å². The fourth-order valence-corrected chi connectivity index (χ4v) is 4.17. The predicted molar refractivity (Wildman–Crippen MR) is 128 cm³/mol. The Kier molecular flexibility index (Phi) is 8.65. The minimum Gasteiger partial charge on any atom is -0.493 e. The Morgan fingerprint density at radius 3 is 2.52 bits per heavy atom. The molecule has 0 radical (unpaired) electrons. The first-order chi connectivity index (χ1) is 15.8. The van der Waals surface area contributed by atoms with Crippen LogP contribution in [-0.2, 0) is 14.3 Å². The lowest BCUT2D eigenvalue weighted by atomic mass is 10.2. The second-order valence-corrected chi connectivity index (χ2v) is 8.81. The monoisotopic (exact) mass is 555 g/mol. The number of esters is 1. The minimum atomic E-state index is -0.536. The first-order valence-corrected chi connectivity index (χ1v) is 11.5. The summed E-state index contributed by atoms with van der Waals surface area (Å²) in [5, 5.41) is 0.205. The average Bonchev–Trinajstić information content (AvgIpc) is 3.07. The number of hydrogen-bond donors (Lipinski definition) is 0. The Balaban J connectivity index is 1.69. The van der Waals surface area contributed by atoms with Gasteiger partial charge < -0.3 is 18.9 Å². The summed E-state index contributed by atoms with van der Waals surface area (Å²) in [7, 11) is 2.71. The van der Waals surface area contributed by atoms with Crippen molar-refractivity contribution >= 4 is 62.5 Å². The predicted octanol–water partition coefficient (Wildman–Crippen LogP) is 4.78. The SMILES string of the molecule is COC(=O)COc1cc(Br)c(/C=C2\SC(=O)N(CCOc3ccc(Cl)cc3)C2=O)cc1OC. The number of methoxy groups -OCH3 is 2. The lowest BCUT2D eigenvalue weighted by Gasteiger charge is -2.13. The zero-order chi connectivity index (χ0) is 24.0. The van der Waals surface area contributed by atoms with E-state index in [9.17, 15) is 14.4 Å². The maximum absolute atomic E-state index is 12.8. The molecule has 0 aliphatic carbocycles. The van der Waals surface area contributed by atoms with Crippen LogP contribution in [0.15, 0.2) is 45.8 Å². The van der Waals surface area contributed by atoms with Crippen molar-refractivity contribution in [1.29, 1.82) is 0 Å². The van der Waals surface area contributed by atoms with Crippen molar-refractivity contribution < 1.29 is 33.3 Å². The van der Waals surface area contributed by atoms with E-state index in [1.165, 1.54) is 14.2 Å². The number of carbonyl (C=O) groups excluding carboxylic acids is 3. The number of hydrogen-bond acceptors (Lipinski definition) is 8. The van der Waals surface area contributed by atoms with E-state index in [1.807, 2.05) is 0 Å². The highest BCUT2D eigenvalue weighted by molar-refractivity contribution is 9.10. The Hall–Kier alpha value is -2.69. The molecule has 1 heterocycles. The summed E-state index contributed by atoms with van der Waals surface area (Å²) in [6, 6.07) is 10.0. The average molecular weight is 557 g/mol. The molecule has 0 bridgehead atoms. The van der Waals surface area contributed by atoms with Crippen molar-refractivity contribution in [3.8, 4) is 17.2 Å². The molecule has 0 saturated carbocycles. The van der Waals surface area contributed by atoms with Gasteiger partial charge in [0, 0.05) is 9.50 Å². The highest BCUT2D eigenvalue weighted by atomic mass is 79.9. The van der Waals surface area contributed by atoms with Crippen molar-refractivity contribution in [1.82, 2.24) is 4.90 Å². The Morgan fingerprint density at radius 1 is 1.12 bits per heavy atom. The van der Waals surface area contributed by atoms with Gasteiger partial charge in [-0.3, -0.25) is 14.5 Å². The summed E-state index contributed by atoms with van der Waals surface area (Å²) in [5.74, 6) is 0.309. The lowest BCUT2D eigenvalue weighted by Crippen LogP contribution is -2.32. The Labute approximate surface area is 207 Å². The number of rotatable bonds is 9. The van der Waals surface area contributed by atoms with Gasteiger partial charge in [-0.1, -0.05) is 27.5 Å². The van der Waals surface area contributed by atoms with Gasteiger partial charge in [0.2, 0.25) is 0 Å². The molecule has 1 aliphatic heterocycles. The van der Waals surface area contributed by atoms with Crippen LogP contribution in [0.1, 0.15) is 5.56 Å². The van der Waals surface area contributed by atoms with Crippen LogP contribution in [-0.4, -0.2) is 56.0 Å². The van der Waals surface area contributed by atoms with E-state index in [2.05, 4.69) is 20.7 Å². The van der Waals surface area contributed by atoms with Gasteiger partial charge in [-0.05, 0) is 59.8 Å². The third-order valence-corrected chi connectivity index (χ3v) is 6.26. The summed E-state index contributed by atoms with van der Waals surface area (Å²) in [5.41, 5.74) is 0.597. The quantitative estimate of drug-likeness (QED) is 0.322. The minimum absolute atomic E-state index is 0.107. The van der Waals surface area contributed by atoms with E-state index in [0.29, 0.717) is 32.3 Å². The third-order valence-electron chi connectivity index (χ3n) is 4.41. The number of carbonyl (C=O) groups is 3. The maximum Gasteiger partial charge on any atom is 0.343 e. The molecule has 1 aliphatic rings. The topological polar surface area (TPSA) is 91.4 Å². The fraction of sp³-hybridized carbons (Fsp3) is 0.227. The van der Waals surface area contributed by atoms with Crippen LogP contribution >= 0.6 is 39.3 Å². The molecule has 2 amide bonds. The zero-order valence-corrected chi connectivity index (χ0v) is 20.8. The lowest BCUT2D eigenvalue weighted by molar-refractivity contribution is -0.142. The van der Waals surface area contributed by atoms with Crippen LogP contribution in [0.25, 0.3) is 6.08 Å². The molecule has 0 unspecified atom stereocenters. The second kappa shape index (κ2) is 11.4. The molecular weight excluding hydrogens is 538 g/mol. The maximum atomic E-state index is 12.8. The van der Waals surface area contributed by atoms with Gasteiger partial charge >= 0.3 is 5.97 Å². The summed E-state index contributed by atoms with van der Waals surface area (Å²) in [6.45, 7) is -0.0260. The van der Waals surface area contributed by atoms with Gasteiger partial charge in [-0.15, -0.1) is 0 Å². The van der Waals surface area contributed by atoms with Crippen LogP contribution in [0.5, 0.6) is 17.2 Å². The van der Waals surface area contributed by atoms with Crippen LogP contribution in [0.2, 0.25) is 5.02 Å². The number of imide groups is 1. The number of halogens is 2. The molecule has 0 aromatic heterocycles. The van der Waals surface area contributed by atoms with Crippen LogP contribution in [0, 0.1) is 0 Å². The molecule has 174 valence electrons. The van der Waals surface area contributed by atoms with Gasteiger partial charge in [0.15, 0.2) is 18.1 Å². The van der Waals surface area contributed by atoms with E-state index < -0.39 is 11.9 Å². The highest BCUT2D eigenvalue weighted by Crippen LogP contribution is 2.38. The normalized spacial score (nSPS) is 14.5. The number of benzene rings is 2. The zero-order valence-electron chi connectivity index (χ0n) is 17.6. The molecule has 0 N–H and O–H groups in total. The van der Waals surface area contributed by atoms with Crippen LogP contribution in [0.3, 0.4) is 0 Å². The largest absolute Gasteiger partial charge is 0.493 e. The fourth-order valence-electron chi connectivity index (χ4n) is 2.75. The van der Waals surface area contributed by atoms with Gasteiger partial charge in [0.1, 0.15) is 12.4 Å². The van der Waals surface area contributed by atoms with Crippen molar-refractivity contribution in [3.63, 3.8) is 0 Å². The highest BCUT2D eigenvalue weighted by Gasteiger charge is 2.35. The molecule has 0 spiro atoms. The number of ether oxygens (including phenoxy) is 4. The summed E-state index contributed by atoms with van der Waals surface area (Å²) in [6.07, 6.45) is 1.58. The van der Waals surface area contributed by atoms with E-state index in [4.69, 9.17) is 25.8 Å². The third kappa shape index (κ3) is 6.43. The van der Waals surface area contributed by atoms with Gasteiger partial charge in [0.05, 0.1) is 25.7 Å². The molecule has 8 nitrogen and oxygen atoms in total. The summed E-state index contributed by atoms with van der Waals surface area (Å²) >= 11 is 10.1. The molecule has 2 aromatic carbocycles. The van der Waals surface area contributed by atoms with Gasteiger partial charge in [-0.2, -0.15) is 0 Å². The van der Waals surface area contributed by atoms with Gasteiger partial charge in [0.25, 0.3) is 11.1 Å². The molecular formula is C22H19BrClNO7S. The van der Waals surface area contributed by atoms with Crippen molar-refractivity contribution in [2.45, 2.75) is 0 Å².